The zero-order chi connectivity index (χ0) is 23.1. The van der Waals surface area contributed by atoms with Crippen LogP contribution in [0.3, 0.4) is 0 Å². The molecule has 4 aromatic rings. The van der Waals surface area contributed by atoms with Crippen LogP contribution in [0.2, 0.25) is 0 Å². The molecule has 0 spiro atoms. The number of fused-ring (bicyclic) bond motifs is 2. The molecular weight excluding hydrogens is 420 g/mol. The van der Waals surface area contributed by atoms with Crippen LogP contribution in [-0.4, -0.2) is 52.2 Å². The maximum Gasteiger partial charge on any atom is 0.263 e. The van der Waals surface area contributed by atoms with E-state index in [-0.39, 0.29) is 11.5 Å². The minimum atomic E-state index is -0.238. The molecule has 0 aliphatic carbocycles. The summed E-state index contributed by atoms with van der Waals surface area (Å²) in [6, 6.07) is 7.10. The van der Waals surface area contributed by atoms with Gasteiger partial charge in [-0.25, -0.2) is 4.98 Å². The maximum atomic E-state index is 13.7. The Labute approximate surface area is 191 Å². The van der Waals surface area contributed by atoms with Crippen molar-refractivity contribution in [1.82, 2.24) is 19.0 Å². The summed E-state index contributed by atoms with van der Waals surface area (Å²) in [6.07, 6.45) is 8.33. The summed E-state index contributed by atoms with van der Waals surface area (Å²) in [5, 5.41) is 1.79. The number of aromatic nitrogens is 3. The van der Waals surface area contributed by atoms with Gasteiger partial charge in [0.05, 0.1) is 30.9 Å². The van der Waals surface area contributed by atoms with Crippen molar-refractivity contribution in [1.29, 1.82) is 0 Å². The monoisotopic (exact) mass is 446 g/mol. The second-order valence-corrected chi connectivity index (χ2v) is 8.32. The second kappa shape index (κ2) is 8.27. The number of carbonyl (C=O) groups excluding carboxylic acids is 1. The van der Waals surface area contributed by atoms with Crippen molar-refractivity contribution in [2.45, 2.75) is 19.3 Å². The topological polar surface area (TPSA) is 78.6 Å². The van der Waals surface area contributed by atoms with Gasteiger partial charge in [0.2, 0.25) is 0 Å². The fraction of sp³-hybridized carbons (Fsp3) is 0.320. The third kappa shape index (κ3) is 3.42. The Hall–Kier alpha value is -3.81. The van der Waals surface area contributed by atoms with Gasteiger partial charge >= 0.3 is 0 Å². The van der Waals surface area contributed by atoms with Crippen molar-refractivity contribution in [3.05, 3.63) is 58.8 Å². The zero-order valence-electron chi connectivity index (χ0n) is 19.0. The summed E-state index contributed by atoms with van der Waals surface area (Å²) < 4.78 is 14.4. The van der Waals surface area contributed by atoms with Gasteiger partial charge < -0.3 is 18.9 Å². The van der Waals surface area contributed by atoms with E-state index < -0.39 is 0 Å². The Morgan fingerprint density at radius 1 is 0.970 bits per heavy atom. The molecule has 5 rings (SSSR count). The van der Waals surface area contributed by atoms with Crippen molar-refractivity contribution >= 4 is 27.7 Å². The average Bonchev–Trinajstić information content (AvgIpc) is 3.24. The van der Waals surface area contributed by atoms with E-state index >= 15 is 0 Å². The quantitative estimate of drug-likeness (QED) is 0.479. The van der Waals surface area contributed by atoms with Crippen molar-refractivity contribution in [3.8, 4) is 17.2 Å². The van der Waals surface area contributed by atoms with Gasteiger partial charge in [-0.3, -0.25) is 14.2 Å². The molecule has 8 heteroatoms. The van der Waals surface area contributed by atoms with Crippen molar-refractivity contribution < 1.29 is 14.3 Å². The summed E-state index contributed by atoms with van der Waals surface area (Å²) in [4.78, 5) is 33.7. The van der Waals surface area contributed by atoms with Gasteiger partial charge in [0.15, 0.2) is 11.5 Å². The minimum Gasteiger partial charge on any atom is -0.493 e. The lowest BCUT2D eigenvalue weighted by atomic mass is 10.0. The molecule has 170 valence electrons. The predicted molar refractivity (Wildman–Crippen MR) is 127 cm³/mol. The number of nitrogens with zero attached hydrogens (tertiary/aromatic N) is 4. The molecular formula is C25H26N4O4. The summed E-state index contributed by atoms with van der Waals surface area (Å²) in [6.45, 7) is 1.43. The molecule has 8 nitrogen and oxygen atoms in total. The van der Waals surface area contributed by atoms with Crippen molar-refractivity contribution in [2.24, 2.45) is 7.05 Å². The Balaban J connectivity index is 1.82. The van der Waals surface area contributed by atoms with Gasteiger partial charge in [-0.15, -0.1) is 0 Å². The molecule has 1 amide bonds. The molecule has 0 atom stereocenters. The number of aryl methyl sites for hydroxylation is 1. The van der Waals surface area contributed by atoms with E-state index in [2.05, 4.69) is 4.98 Å². The summed E-state index contributed by atoms with van der Waals surface area (Å²) in [5.41, 5.74) is 1.66. The Morgan fingerprint density at radius 2 is 1.67 bits per heavy atom. The van der Waals surface area contributed by atoms with Gasteiger partial charge in [-0.05, 0) is 43.5 Å². The second-order valence-electron chi connectivity index (χ2n) is 8.32. The Bertz CT molecular complexity index is 1430. The van der Waals surface area contributed by atoms with Gasteiger partial charge in [0.1, 0.15) is 5.65 Å². The van der Waals surface area contributed by atoms with Crippen LogP contribution in [0.5, 0.6) is 11.5 Å². The van der Waals surface area contributed by atoms with Crippen LogP contribution in [0.15, 0.2) is 47.7 Å². The van der Waals surface area contributed by atoms with Crippen LogP contribution < -0.4 is 15.0 Å². The molecule has 4 heterocycles. The van der Waals surface area contributed by atoms with Gasteiger partial charge in [0.25, 0.3) is 11.5 Å². The highest BCUT2D eigenvalue weighted by molar-refractivity contribution is 6.07. The average molecular weight is 447 g/mol. The number of ether oxygens (including phenoxy) is 2. The highest BCUT2D eigenvalue weighted by atomic mass is 16.5. The van der Waals surface area contributed by atoms with E-state index in [4.69, 9.17) is 9.47 Å². The molecule has 1 aliphatic heterocycles. The fourth-order valence-corrected chi connectivity index (χ4v) is 4.64. The van der Waals surface area contributed by atoms with Crippen LogP contribution in [0.1, 0.15) is 29.6 Å². The minimum absolute atomic E-state index is 0.0842. The molecule has 1 fully saturated rings. The lowest BCUT2D eigenvalue weighted by Crippen LogP contribution is -2.36. The first-order valence-corrected chi connectivity index (χ1v) is 11.0. The Morgan fingerprint density at radius 3 is 2.36 bits per heavy atom. The Kier molecular flexibility index (Phi) is 5.28. The van der Waals surface area contributed by atoms with E-state index in [1.807, 2.05) is 28.8 Å². The first-order chi connectivity index (χ1) is 16.0. The highest BCUT2D eigenvalue weighted by Gasteiger charge is 2.24. The first kappa shape index (κ1) is 21.1. The summed E-state index contributed by atoms with van der Waals surface area (Å²) in [7, 11) is 4.98. The molecule has 33 heavy (non-hydrogen) atoms. The third-order valence-corrected chi connectivity index (χ3v) is 6.40. The number of benzene rings is 1. The molecule has 0 unspecified atom stereocenters. The molecule has 1 saturated heterocycles. The predicted octanol–water partition coefficient (Wildman–Crippen LogP) is 3.52. The van der Waals surface area contributed by atoms with E-state index in [0.29, 0.717) is 46.6 Å². The molecule has 0 N–H and O–H groups in total. The van der Waals surface area contributed by atoms with Crippen molar-refractivity contribution in [3.63, 3.8) is 0 Å². The first-order valence-electron chi connectivity index (χ1n) is 11.0. The van der Waals surface area contributed by atoms with Gasteiger partial charge in [-0.1, -0.05) is 0 Å². The number of piperidine rings is 1. The van der Waals surface area contributed by atoms with E-state index in [1.54, 1.807) is 42.3 Å². The highest BCUT2D eigenvalue weighted by Crippen LogP contribution is 2.33. The van der Waals surface area contributed by atoms with Crippen LogP contribution in [0.25, 0.3) is 27.5 Å². The number of carbonyl (C=O) groups is 1. The lowest BCUT2D eigenvalue weighted by molar-refractivity contribution is 0.0725. The maximum absolute atomic E-state index is 13.7. The number of hydrogen-bond acceptors (Lipinski definition) is 5. The molecule has 1 aliphatic rings. The number of likely N-dealkylation sites (tertiary alicyclic amines) is 1. The molecule has 3 aromatic heterocycles. The number of pyridine rings is 2. The largest absolute Gasteiger partial charge is 0.493 e. The molecule has 0 saturated carbocycles. The third-order valence-electron chi connectivity index (χ3n) is 6.40. The van der Waals surface area contributed by atoms with Gasteiger partial charge in [-0.2, -0.15) is 0 Å². The standard InChI is InChI=1S/C25H26N4O4/c1-27-12-8-16-20(7-9-26-23(16)27)29-15-19(24(30)28-10-5-4-6-11-28)17-13-21(32-2)22(33-3)14-18(17)25(29)31/h7-9,12-15H,4-6,10-11H2,1-3H3. The van der Waals surface area contributed by atoms with Crippen LogP contribution >= 0.6 is 0 Å². The van der Waals surface area contributed by atoms with Gasteiger partial charge in [0, 0.05) is 49.5 Å². The molecule has 0 bridgehead atoms. The number of amides is 1. The number of methoxy groups -OCH3 is 2. The lowest BCUT2D eigenvalue weighted by Gasteiger charge is -2.27. The summed E-state index contributed by atoms with van der Waals surface area (Å²) >= 11 is 0. The van der Waals surface area contributed by atoms with E-state index in [0.717, 1.165) is 30.3 Å². The normalized spacial score (nSPS) is 14.1. The SMILES string of the molecule is COc1cc2c(C(=O)N3CCCCC3)cn(-c3ccnc4c3ccn4C)c(=O)c2cc1OC. The van der Waals surface area contributed by atoms with Crippen LogP contribution in [-0.2, 0) is 7.05 Å². The number of hydrogen-bond donors (Lipinski definition) is 0. The van der Waals surface area contributed by atoms with E-state index in [1.165, 1.54) is 7.11 Å². The smallest absolute Gasteiger partial charge is 0.263 e. The van der Waals surface area contributed by atoms with Crippen LogP contribution in [0.4, 0.5) is 0 Å². The fourth-order valence-electron chi connectivity index (χ4n) is 4.64. The van der Waals surface area contributed by atoms with Crippen molar-refractivity contribution in [2.75, 3.05) is 27.3 Å². The number of rotatable bonds is 4. The zero-order valence-corrected chi connectivity index (χ0v) is 19.0. The molecule has 0 radical (unpaired) electrons. The summed E-state index contributed by atoms with van der Waals surface area (Å²) in [5.74, 6) is 0.832. The van der Waals surface area contributed by atoms with Crippen LogP contribution in [0, 0.1) is 0 Å². The van der Waals surface area contributed by atoms with E-state index in [9.17, 15) is 9.59 Å². The molecule has 1 aromatic carbocycles.